The Morgan fingerprint density at radius 3 is 2.85 bits per heavy atom. The zero-order valence-electron chi connectivity index (χ0n) is 10.2. The number of aliphatic carboxylic acids is 1. The first-order valence-electron chi connectivity index (χ1n) is 5.35. The zero-order chi connectivity index (χ0) is 14.7. The molecule has 2 rings (SSSR count). The number of nitrogens with zero attached hydrogens (tertiary/aromatic N) is 2. The van der Waals surface area contributed by atoms with Crippen molar-refractivity contribution in [3.8, 4) is 5.75 Å². The maximum Gasteiger partial charge on any atom is 0.342 e. The van der Waals surface area contributed by atoms with Crippen LogP contribution in [0.1, 0.15) is 11.5 Å². The van der Waals surface area contributed by atoms with Gasteiger partial charge in [-0.05, 0) is 35.5 Å². The average Bonchev–Trinajstić information content (AvgIpc) is 2.78. The molecule has 1 aromatic heterocycles. The van der Waals surface area contributed by atoms with Gasteiger partial charge in [-0.25, -0.2) is 4.79 Å². The summed E-state index contributed by atoms with van der Waals surface area (Å²) in [5, 5.41) is 28.3. The van der Waals surface area contributed by atoms with Gasteiger partial charge < -0.3 is 14.6 Å². The van der Waals surface area contributed by atoms with Crippen molar-refractivity contribution in [3.63, 3.8) is 0 Å². The lowest BCUT2D eigenvalue weighted by molar-refractivity contribution is -0.268. The van der Waals surface area contributed by atoms with Crippen LogP contribution in [-0.4, -0.2) is 21.3 Å². The monoisotopic (exact) mass is 355 g/mol. The van der Waals surface area contributed by atoms with Gasteiger partial charge in [0.15, 0.2) is 0 Å². The second-order valence-electron chi connectivity index (χ2n) is 3.68. The summed E-state index contributed by atoms with van der Waals surface area (Å²) < 4.78 is 5.79. The Morgan fingerprint density at radius 1 is 1.50 bits per heavy atom. The van der Waals surface area contributed by atoms with Gasteiger partial charge in [-0.3, -0.25) is 0 Å². The maximum atomic E-state index is 11.7. The van der Waals surface area contributed by atoms with E-state index in [1.807, 2.05) is 0 Å². The van der Waals surface area contributed by atoms with Gasteiger partial charge in [0.1, 0.15) is 4.91 Å². The number of carbonyl (C=O) groups is 1. The number of aromatic nitrogens is 2. The van der Waals surface area contributed by atoms with Crippen LogP contribution in [0.3, 0.4) is 0 Å². The van der Waals surface area contributed by atoms with E-state index in [9.17, 15) is 15.0 Å². The molecule has 0 fully saturated rings. The number of hydrogen-bond acceptors (Lipinski definition) is 6. The molecule has 0 aliphatic rings. The normalized spacial score (nSPS) is 11.6. The van der Waals surface area contributed by atoms with Crippen LogP contribution in [0.5, 0.6) is 5.75 Å². The van der Waals surface area contributed by atoms with E-state index in [0.717, 1.165) is 11.8 Å². The first kappa shape index (κ1) is 14.6. The third kappa shape index (κ3) is 3.61. The minimum absolute atomic E-state index is 0.0798. The third-order valence-corrected chi connectivity index (χ3v) is 3.52. The number of rotatable bonds is 4. The molecule has 1 heterocycles. The molecule has 1 N–H and O–H groups in total. The number of benzene rings is 1. The van der Waals surface area contributed by atoms with Crippen molar-refractivity contribution in [2.24, 2.45) is 0 Å². The van der Waals surface area contributed by atoms with E-state index in [0.29, 0.717) is 10.4 Å². The van der Waals surface area contributed by atoms with Crippen molar-refractivity contribution in [2.45, 2.75) is 12.1 Å². The molecule has 0 aliphatic heterocycles. The van der Waals surface area contributed by atoms with Crippen LogP contribution in [0.4, 0.5) is 0 Å². The number of halogens is 1. The molecule has 104 valence electrons. The molecule has 0 spiro atoms. The maximum absolute atomic E-state index is 11.7. The molecule has 0 saturated heterocycles. The smallest absolute Gasteiger partial charge is 0.342 e. The molecule has 20 heavy (non-hydrogen) atoms. The quantitative estimate of drug-likeness (QED) is 0.663. The van der Waals surface area contributed by atoms with Crippen LogP contribution in [-0.2, 0) is 4.79 Å². The van der Waals surface area contributed by atoms with Crippen molar-refractivity contribution < 1.29 is 19.4 Å². The highest BCUT2D eigenvalue weighted by atomic mass is 79.9. The molecule has 2 aromatic rings. The lowest BCUT2D eigenvalue weighted by atomic mass is 10.2. The van der Waals surface area contributed by atoms with Gasteiger partial charge in [0.05, 0.1) is 0 Å². The molecule has 0 saturated carbocycles. The summed E-state index contributed by atoms with van der Waals surface area (Å²) in [7, 11) is 0. The summed E-state index contributed by atoms with van der Waals surface area (Å²) in [5.74, 6) is -1.11. The molecule has 0 aliphatic carbocycles. The lowest BCUT2D eigenvalue weighted by Gasteiger charge is -2.10. The largest absolute Gasteiger partial charge is 0.872 e. The van der Waals surface area contributed by atoms with E-state index in [-0.39, 0.29) is 21.4 Å². The molecular weight excluding hydrogens is 348 g/mol. The summed E-state index contributed by atoms with van der Waals surface area (Å²) >= 11 is 4.02. The molecule has 0 amide bonds. The Hall–Kier alpha value is -1.80. The first-order valence-corrected chi connectivity index (χ1v) is 6.96. The number of carboxylic acids is 1. The molecule has 6 nitrogen and oxygen atoms in total. The number of aryl methyl sites for hydroxylation is 1. The lowest BCUT2D eigenvalue weighted by Crippen LogP contribution is -1.99. The first-order chi connectivity index (χ1) is 9.45. The van der Waals surface area contributed by atoms with Gasteiger partial charge in [0.25, 0.3) is 5.22 Å². The van der Waals surface area contributed by atoms with Crippen molar-refractivity contribution in [1.82, 2.24) is 10.2 Å². The van der Waals surface area contributed by atoms with E-state index in [4.69, 9.17) is 4.42 Å². The summed E-state index contributed by atoms with van der Waals surface area (Å²) in [4.78, 5) is 11.1. The SMILES string of the molecule is Cc1nnc(S/C(=C\c2cc(Br)ccc2[O-])C(=O)O)o1. The Labute approximate surface area is 126 Å². The highest BCUT2D eigenvalue weighted by molar-refractivity contribution is 9.10. The van der Waals surface area contributed by atoms with E-state index >= 15 is 0 Å². The third-order valence-electron chi connectivity index (χ3n) is 2.17. The van der Waals surface area contributed by atoms with Crippen LogP contribution in [0.2, 0.25) is 0 Å². The summed E-state index contributed by atoms with van der Waals surface area (Å²) in [5.41, 5.74) is 0.264. The Kier molecular flexibility index (Phi) is 4.46. The summed E-state index contributed by atoms with van der Waals surface area (Å²) in [6, 6.07) is 4.50. The van der Waals surface area contributed by atoms with Crippen molar-refractivity contribution in [3.05, 3.63) is 39.0 Å². The Balaban J connectivity index is 2.35. The van der Waals surface area contributed by atoms with Gasteiger partial charge in [0, 0.05) is 11.4 Å². The highest BCUT2D eigenvalue weighted by Gasteiger charge is 2.14. The van der Waals surface area contributed by atoms with Crippen LogP contribution in [0, 0.1) is 6.92 Å². The number of thioether (sulfide) groups is 1. The van der Waals surface area contributed by atoms with E-state index < -0.39 is 5.97 Å². The Morgan fingerprint density at radius 2 is 2.25 bits per heavy atom. The topological polar surface area (TPSA) is 99.3 Å². The van der Waals surface area contributed by atoms with Crippen LogP contribution >= 0.6 is 27.7 Å². The minimum atomic E-state index is -1.18. The number of carboxylic acid groups (broad SMARTS) is 1. The Bertz CT molecular complexity index is 684. The molecule has 0 unspecified atom stereocenters. The van der Waals surface area contributed by atoms with Gasteiger partial charge in [-0.2, -0.15) is 0 Å². The van der Waals surface area contributed by atoms with E-state index in [2.05, 4.69) is 26.1 Å². The minimum Gasteiger partial charge on any atom is -0.872 e. The summed E-state index contributed by atoms with van der Waals surface area (Å²) in [6.07, 6.45) is 1.28. The fraction of sp³-hybridized carbons (Fsp3) is 0.0833. The molecular formula is C12H8BrN2O4S-. The molecule has 8 heteroatoms. The predicted octanol–water partition coefficient (Wildman–Crippen LogP) is 2.43. The van der Waals surface area contributed by atoms with Crippen molar-refractivity contribution >= 4 is 39.7 Å². The molecule has 1 aromatic carbocycles. The van der Waals surface area contributed by atoms with E-state index in [1.54, 1.807) is 19.1 Å². The number of hydrogen-bond donors (Lipinski definition) is 1. The molecule has 0 atom stereocenters. The second-order valence-corrected chi connectivity index (χ2v) is 5.59. The van der Waals surface area contributed by atoms with E-state index in [1.165, 1.54) is 12.1 Å². The van der Waals surface area contributed by atoms with Crippen molar-refractivity contribution in [2.75, 3.05) is 0 Å². The molecule has 0 radical (unpaired) electrons. The second kappa shape index (κ2) is 6.10. The summed E-state index contributed by atoms with van der Waals surface area (Å²) in [6.45, 7) is 1.60. The van der Waals surface area contributed by atoms with Gasteiger partial charge in [-0.15, -0.1) is 15.9 Å². The standard InChI is InChI=1S/C12H9BrN2O4S/c1-6-14-15-12(19-6)20-10(11(17)18)5-7-4-8(13)2-3-9(7)16/h2-5,16H,1H3,(H,17,18)/p-1/b10-5-. The van der Waals surface area contributed by atoms with Gasteiger partial charge >= 0.3 is 5.97 Å². The zero-order valence-corrected chi connectivity index (χ0v) is 12.6. The molecule has 0 bridgehead atoms. The fourth-order valence-electron chi connectivity index (χ4n) is 1.32. The van der Waals surface area contributed by atoms with Crippen LogP contribution in [0.25, 0.3) is 6.08 Å². The van der Waals surface area contributed by atoms with Crippen molar-refractivity contribution in [1.29, 1.82) is 0 Å². The highest BCUT2D eigenvalue weighted by Crippen LogP contribution is 2.30. The average molecular weight is 356 g/mol. The van der Waals surface area contributed by atoms with Crippen LogP contribution in [0.15, 0.2) is 37.2 Å². The van der Waals surface area contributed by atoms with Gasteiger partial charge in [-0.1, -0.05) is 22.0 Å². The van der Waals surface area contributed by atoms with Gasteiger partial charge in [0.2, 0.25) is 5.89 Å². The predicted molar refractivity (Wildman–Crippen MR) is 74.1 cm³/mol. The van der Waals surface area contributed by atoms with Crippen LogP contribution < -0.4 is 5.11 Å². The fourth-order valence-corrected chi connectivity index (χ4v) is 2.41.